The molecule has 3 amide bonds. The number of carbonyl (C=O) groups is 4. The number of aliphatic hydroxyl groups is 1. The van der Waals surface area contributed by atoms with E-state index in [4.69, 9.17) is 9.47 Å². The SMILES string of the molecule is C=CCCC(=O)N[C@H](C)[C@@H](OC(=O)[C@@H]1[C@H]2C(=O)N([C@@H](CO)C(C)C)[C@H](C(=O)N(CC=C)C3CCCCC3)[C@]23CC[C@H]1O3)c1ccccc1. The molecule has 3 heterocycles. The highest BCUT2D eigenvalue weighted by atomic mass is 16.6. The van der Waals surface area contributed by atoms with E-state index in [0.29, 0.717) is 31.4 Å². The summed E-state index contributed by atoms with van der Waals surface area (Å²) in [5.74, 6) is -3.35. The number of benzene rings is 1. The average Bonchev–Trinajstić information content (AvgIpc) is 3.73. The van der Waals surface area contributed by atoms with Gasteiger partial charge in [0.2, 0.25) is 17.7 Å². The number of allylic oxidation sites excluding steroid dienone is 1. The number of amides is 3. The summed E-state index contributed by atoms with van der Waals surface area (Å²) in [6, 6.07) is 7.08. The van der Waals surface area contributed by atoms with Gasteiger partial charge in [-0.15, -0.1) is 13.2 Å². The van der Waals surface area contributed by atoms with Gasteiger partial charge in [-0.05, 0) is 50.5 Å². The van der Waals surface area contributed by atoms with Crippen LogP contribution in [0.5, 0.6) is 0 Å². The van der Waals surface area contributed by atoms with Crippen molar-refractivity contribution in [2.24, 2.45) is 17.8 Å². The van der Waals surface area contributed by atoms with E-state index in [9.17, 15) is 24.3 Å². The number of fused-ring (bicyclic) bond motifs is 1. The predicted molar refractivity (Wildman–Crippen MR) is 181 cm³/mol. The lowest BCUT2D eigenvalue weighted by molar-refractivity contribution is -0.163. The molecule has 2 bridgehead atoms. The van der Waals surface area contributed by atoms with Crippen LogP contribution in [0.15, 0.2) is 55.6 Å². The van der Waals surface area contributed by atoms with E-state index in [0.717, 1.165) is 32.1 Å². The fourth-order valence-corrected chi connectivity index (χ4v) is 8.66. The largest absolute Gasteiger partial charge is 0.455 e. The van der Waals surface area contributed by atoms with E-state index in [2.05, 4.69) is 18.5 Å². The lowest BCUT2D eigenvalue weighted by Crippen LogP contribution is -2.61. The molecule has 0 aromatic heterocycles. The first kappa shape index (κ1) is 35.8. The molecule has 10 heteroatoms. The smallest absolute Gasteiger partial charge is 0.313 e. The Balaban J connectivity index is 1.49. The molecule has 10 nitrogen and oxygen atoms in total. The standard InChI is InChI=1S/C38H53N3O7/c1-6-8-19-30(43)39-25(5)33(26-15-11-9-12-16-26)47-37(46)31-29-20-21-38(48-29)32(31)35(44)41(28(23-42)24(3)4)34(38)36(45)40(22-7-2)27-17-13-10-14-18-27/h6-7,9,11-12,15-16,24-25,27-29,31-34,42H,1-2,8,10,13-14,17-23H2,3-5H3,(H,39,43)/t25-,28+,29-,31+,32+,33-,34-,38+/m1/s1. The van der Waals surface area contributed by atoms with E-state index in [1.54, 1.807) is 24.0 Å². The monoisotopic (exact) mass is 663 g/mol. The molecule has 1 saturated carbocycles. The summed E-state index contributed by atoms with van der Waals surface area (Å²) in [4.78, 5) is 59.9. The lowest BCUT2D eigenvalue weighted by Gasteiger charge is -2.43. The summed E-state index contributed by atoms with van der Waals surface area (Å²) in [5, 5.41) is 13.6. The summed E-state index contributed by atoms with van der Waals surface area (Å²) >= 11 is 0. The summed E-state index contributed by atoms with van der Waals surface area (Å²) in [7, 11) is 0. The summed E-state index contributed by atoms with van der Waals surface area (Å²) in [5.41, 5.74) is -0.507. The van der Waals surface area contributed by atoms with Crippen molar-refractivity contribution >= 4 is 23.7 Å². The van der Waals surface area contributed by atoms with Crippen LogP contribution in [0.4, 0.5) is 0 Å². The minimum atomic E-state index is -1.22. The van der Waals surface area contributed by atoms with Gasteiger partial charge in [-0.2, -0.15) is 0 Å². The number of aliphatic hydroxyl groups excluding tert-OH is 1. The van der Waals surface area contributed by atoms with Crippen molar-refractivity contribution in [2.45, 2.75) is 121 Å². The van der Waals surface area contributed by atoms with Gasteiger partial charge in [0, 0.05) is 19.0 Å². The Kier molecular flexibility index (Phi) is 11.5. The number of rotatable bonds is 15. The average molecular weight is 664 g/mol. The van der Waals surface area contributed by atoms with E-state index in [1.807, 2.05) is 49.1 Å². The van der Waals surface area contributed by atoms with Gasteiger partial charge in [-0.3, -0.25) is 19.2 Å². The van der Waals surface area contributed by atoms with Crippen LogP contribution in [0.1, 0.15) is 90.2 Å². The van der Waals surface area contributed by atoms with Crippen molar-refractivity contribution in [1.82, 2.24) is 15.1 Å². The molecule has 3 aliphatic heterocycles. The molecular formula is C38H53N3O7. The molecule has 0 unspecified atom stereocenters. The van der Waals surface area contributed by atoms with Crippen LogP contribution in [0, 0.1) is 17.8 Å². The maximum absolute atomic E-state index is 14.8. The van der Waals surface area contributed by atoms with Crippen LogP contribution in [0.2, 0.25) is 0 Å². The molecule has 1 aromatic carbocycles. The van der Waals surface area contributed by atoms with Crippen molar-refractivity contribution in [3.63, 3.8) is 0 Å². The van der Waals surface area contributed by atoms with E-state index < -0.39 is 53.7 Å². The topological polar surface area (TPSA) is 125 Å². The van der Waals surface area contributed by atoms with Crippen molar-refractivity contribution < 1.29 is 33.8 Å². The fourth-order valence-electron chi connectivity index (χ4n) is 8.66. The maximum Gasteiger partial charge on any atom is 0.313 e. The molecule has 3 saturated heterocycles. The van der Waals surface area contributed by atoms with Gasteiger partial charge in [-0.1, -0.05) is 75.6 Å². The number of hydrogen-bond donors (Lipinski definition) is 2. The predicted octanol–water partition coefficient (Wildman–Crippen LogP) is 4.48. The number of nitrogens with one attached hydrogen (secondary N) is 1. The second-order valence-electron chi connectivity index (χ2n) is 14.3. The third-order valence-corrected chi connectivity index (χ3v) is 11.0. The second-order valence-corrected chi connectivity index (χ2v) is 14.3. The zero-order valence-corrected chi connectivity index (χ0v) is 28.7. The Bertz CT molecular complexity index is 1340. The molecule has 0 radical (unpaired) electrons. The quantitative estimate of drug-likeness (QED) is 0.209. The molecule has 262 valence electrons. The number of ether oxygens (including phenoxy) is 2. The molecule has 48 heavy (non-hydrogen) atoms. The van der Waals surface area contributed by atoms with Gasteiger partial charge in [0.1, 0.15) is 17.7 Å². The zero-order valence-electron chi connectivity index (χ0n) is 28.7. The van der Waals surface area contributed by atoms with Gasteiger partial charge in [0.25, 0.3) is 0 Å². The number of carbonyl (C=O) groups excluding carboxylic acids is 4. The molecule has 4 aliphatic rings. The third-order valence-electron chi connectivity index (χ3n) is 11.0. The molecule has 2 N–H and O–H groups in total. The highest BCUT2D eigenvalue weighted by Gasteiger charge is 2.76. The zero-order chi connectivity index (χ0) is 34.6. The van der Waals surface area contributed by atoms with Gasteiger partial charge < -0.3 is 29.7 Å². The summed E-state index contributed by atoms with van der Waals surface area (Å²) in [6.45, 7) is 13.3. The lowest BCUT2D eigenvalue weighted by atomic mass is 9.70. The van der Waals surface area contributed by atoms with Crippen LogP contribution in [-0.2, 0) is 28.7 Å². The Morgan fingerprint density at radius 2 is 1.81 bits per heavy atom. The Labute approximate surface area is 284 Å². The molecule has 5 rings (SSSR count). The highest BCUT2D eigenvalue weighted by Crippen LogP contribution is 2.59. The normalized spacial score (nSPS) is 28.4. The molecule has 1 aromatic rings. The van der Waals surface area contributed by atoms with E-state index in [1.165, 1.54) is 0 Å². The minimum absolute atomic E-state index is 0.0254. The summed E-state index contributed by atoms with van der Waals surface area (Å²) in [6.07, 6.45) is 8.67. The van der Waals surface area contributed by atoms with Crippen molar-refractivity contribution in [3.8, 4) is 0 Å². The third kappa shape index (κ3) is 6.70. The number of esters is 1. The summed E-state index contributed by atoms with van der Waals surface area (Å²) < 4.78 is 13.0. The number of likely N-dealkylation sites (tertiary alicyclic amines) is 1. The highest BCUT2D eigenvalue weighted by molar-refractivity contribution is 5.98. The van der Waals surface area contributed by atoms with Crippen molar-refractivity contribution in [1.29, 1.82) is 0 Å². The maximum atomic E-state index is 14.8. The first-order chi connectivity index (χ1) is 23.1. The Morgan fingerprint density at radius 1 is 1.10 bits per heavy atom. The second kappa shape index (κ2) is 15.4. The van der Waals surface area contributed by atoms with Crippen molar-refractivity contribution in [2.75, 3.05) is 13.2 Å². The van der Waals surface area contributed by atoms with Crippen LogP contribution < -0.4 is 5.32 Å². The van der Waals surface area contributed by atoms with E-state index >= 15 is 0 Å². The molecule has 8 atom stereocenters. The van der Waals surface area contributed by atoms with Crippen LogP contribution in [0.25, 0.3) is 0 Å². The van der Waals surface area contributed by atoms with Crippen LogP contribution >= 0.6 is 0 Å². The van der Waals surface area contributed by atoms with E-state index in [-0.39, 0.29) is 42.7 Å². The molecule has 4 fully saturated rings. The molecular weight excluding hydrogens is 610 g/mol. The molecule has 1 spiro atoms. The molecule has 1 aliphatic carbocycles. The van der Waals surface area contributed by atoms with Gasteiger partial charge in [0.15, 0.2) is 0 Å². The first-order valence-electron chi connectivity index (χ1n) is 17.8. The Morgan fingerprint density at radius 3 is 2.44 bits per heavy atom. The number of nitrogens with zero attached hydrogens (tertiary/aromatic N) is 2. The van der Waals surface area contributed by atoms with Crippen LogP contribution in [0.3, 0.4) is 0 Å². The fraction of sp³-hybridized carbons (Fsp3) is 0.632. The van der Waals surface area contributed by atoms with Gasteiger partial charge in [0.05, 0.1) is 36.6 Å². The first-order valence-corrected chi connectivity index (χ1v) is 17.8. The van der Waals surface area contributed by atoms with Gasteiger partial charge in [-0.25, -0.2) is 0 Å². The minimum Gasteiger partial charge on any atom is -0.455 e. The van der Waals surface area contributed by atoms with Crippen LogP contribution in [-0.4, -0.2) is 87.6 Å². The van der Waals surface area contributed by atoms with Gasteiger partial charge >= 0.3 is 5.97 Å². The number of hydrogen-bond acceptors (Lipinski definition) is 7. The van der Waals surface area contributed by atoms with Crippen molar-refractivity contribution in [3.05, 3.63) is 61.2 Å². The Hall–Kier alpha value is -3.50.